The van der Waals surface area contributed by atoms with E-state index in [0.29, 0.717) is 6.54 Å². The highest BCUT2D eigenvalue weighted by molar-refractivity contribution is 7.10. The van der Waals surface area contributed by atoms with Gasteiger partial charge in [-0.3, -0.25) is 0 Å². The quantitative estimate of drug-likeness (QED) is 0.768. The third kappa shape index (κ3) is 4.64. The molecule has 0 spiro atoms. The summed E-state index contributed by atoms with van der Waals surface area (Å²) in [4.78, 5) is 6.76. The Bertz CT molecular complexity index is 639. The molecule has 23 heavy (non-hydrogen) atoms. The van der Waals surface area contributed by atoms with Crippen LogP contribution in [0.25, 0.3) is 0 Å². The van der Waals surface area contributed by atoms with Gasteiger partial charge < -0.3 is 15.3 Å². The highest BCUT2D eigenvalue weighted by Gasteiger charge is 2.17. The molecule has 1 aliphatic carbocycles. The average Bonchev–Trinajstić information content (AvgIpc) is 3.05. The zero-order valence-corrected chi connectivity index (χ0v) is 13.9. The number of rotatable bonds is 7. The van der Waals surface area contributed by atoms with Gasteiger partial charge in [-0.1, -0.05) is 35.5 Å². The maximum atomic E-state index is 9.96. The molecule has 122 valence electrons. The molecule has 0 amide bonds. The van der Waals surface area contributed by atoms with Gasteiger partial charge in [0.25, 0.3) is 0 Å². The Morgan fingerprint density at radius 2 is 2.09 bits per heavy atom. The molecular formula is C18H22N2O2S. The molecule has 3 rings (SSSR count). The van der Waals surface area contributed by atoms with Gasteiger partial charge in [-0.25, -0.2) is 0 Å². The number of oxime groups is 1. The lowest BCUT2D eigenvalue weighted by Gasteiger charge is -2.14. The largest absolute Gasteiger partial charge is 0.393 e. The molecule has 0 aliphatic heterocycles. The van der Waals surface area contributed by atoms with Crippen LogP contribution in [0, 0.1) is 0 Å². The van der Waals surface area contributed by atoms with E-state index < -0.39 is 6.10 Å². The zero-order chi connectivity index (χ0) is 15.9. The molecule has 1 unspecified atom stereocenters. The van der Waals surface area contributed by atoms with Gasteiger partial charge in [-0.15, -0.1) is 11.3 Å². The molecule has 1 aromatic carbocycles. The highest BCUT2D eigenvalue weighted by Crippen LogP contribution is 2.26. The number of aryl methyl sites for hydroxylation is 1. The number of aliphatic hydroxyl groups is 1. The first-order chi connectivity index (χ1) is 11.3. The summed E-state index contributed by atoms with van der Waals surface area (Å²) in [6, 6.07) is 12.2. The first kappa shape index (κ1) is 16.2. The fourth-order valence-electron chi connectivity index (χ4n) is 2.68. The molecule has 0 saturated heterocycles. The first-order valence-electron chi connectivity index (χ1n) is 8.01. The minimum atomic E-state index is -0.561. The van der Waals surface area contributed by atoms with Gasteiger partial charge in [-0.2, -0.15) is 0 Å². The van der Waals surface area contributed by atoms with E-state index in [-0.39, 0.29) is 6.61 Å². The van der Waals surface area contributed by atoms with Gasteiger partial charge in [0.15, 0.2) is 0 Å². The number of benzene rings is 1. The van der Waals surface area contributed by atoms with Crippen molar-refractivity contribution in [2.24, 2.45) is 5.16 Å². The number of hydrogen-bond acceptors (Lipinski definition) is 5. The SMILES string of the molecule is OC(CNCc1ccccc1)CON=C1CCCc2sccc21. The average molecular weight is 330 g/mol. The van der Waals surface area contributed by atoms with E-state index in [1.807, 2.05) is 18.2 Å². The molecule has 0 fully saturated rings. The van der Waals surface area contributed by atoms with Gasteiger partial charge in [0.1, 0.15) is 12.7 Å². The number of nitrogens with one attached hydrogen (secondary N) is 1. The van der Waals surface area contributed by atoms with Crippen LogP contribution in [0.4, 0.5) is 0 Å². The van der Waals surface area contributed by atoms with Gasteiger partial charge in [0.05, 0.1) is 5.71 Å². The number of fused-ring (bicyclic) bond motifs is 1. The predicted octanol–water partition coefficient (Wildman–Crippen LogP) is 2.96. The highest BCUT2D eigenvalue weighted by atomic mass is 32.1. The summed E-state index contributed by atoms with van der Waals surface area (Å²) < 4.78 is 0. The van der Waals surface area contributed by atoms with Crippen molar-refractivity contribution in [3.05, 3.63) is 57.8 Å². The van der Waals surface area contributed by atoms with Gasteiger partial charge >= 0.3 is 0 Å². The third-order valence-electron chi connectivity index (χ3n) is 3.87. The van der Waals surface area contributed by atoms with Crippen molar-refractivity contribution in [3.8, 4) is 0 Å². The Kier molecular flexibility index (Phi) is 5.80. The Morgan fingerprint density at radius 1 is 1.22 bits per heavy atom. The molecule has 4 nitrogen and oxygen atoms in total. The fraction of sp³-hybridized carbons (Fsp3) is 0.389. The van der Waals surface area contributed by atoms with Crippen LogP contribution in [0.5, 0.6) is 0 Å². The lowest BCUT2D eigenvalue weighted by molar-refractivity contribution is 0.0400. The topological polar surface area (TPSA) is 53.8 Å². The maximum absolute atomic E-state index is 9.96. The lowest BCUT2D eigenvalue weighted by Crippen LogP contribution is -2.29. The van der Waals surface area contributed by atoms with Crippen molar-refractivity contribution in [1.29, 1.82) is 0 Å². The predicted molar refractivity (Wildman–Crippen MR) is 93.9 cm³/mol. The standard InChI is InChI=1S/C18H22N2O2S/c21-15(12-19-11-14-5-2-1-3-6-14)13-22-20-17-7-4-8-18-16(17)9-10-23-18/h1-3,5-6,9-10,15,19,21H,4,7-8,11-13H2. The molecule has 1 atom stereocenters. The van der Waals surface area contributed by atoms with E-state index in [1.54, 1.807) is 11.3 Å². The van der Waals surface area contributed by atoms with E-state index in [0.717, 1.165) is 31.5 Å². The van der Waals surface area contributed by atoms with E-state index in [9.17, 15) is 5.11 Å². The lowest BCUT2D eigenvalue weighted by atomic mass is 9.97. The fourth-order valence-corrected chi connectivity index (χ4v) is 3.62. The zero-order valence-electron chi connectivity index (χ0n) is 13.1. The molecule has 0 radical (unpaired) electrons. The van der Waals surface area contributed by atoms with Crippen LogP contribution in [0.3, 0.4) is 0 Å². The van der Waals surface area contributed by atoms with Crippen molar-refractivity contribution < 1.29 is 9.94 Å². The van der Waals surface area contributed by atoms with Crippen LogP contribution < -0.4 is 5.32 Å². The normalized spacial score (nSPS) is 17.0. The van der Waals surface area contributed by atoms with Crippen LogP contribution in [-0.4, -0.2) is 30.1 Å². The number of hydrogen-bond donors (Lipinski definition) is 2. The van der Waals surface area contributed by atoms with Crippen molar-refractivity contribution >= 4 is 17.0 Å². The second-order valence-electron chi connectivity index (χ2n) is 5.72. The summed E-state index contributed by atoms with van der Waals surface area (Å²) >= 11 is 1.78. The summed E-state index contributed by atoms with van der Waals surface area (Å²) in [6.07, 6.45) is 2.65. The van der Waals surface area contributed by atoms with Crippen LogP contribution in [0.15, 0.2) is 46.9 Å². The third-order valence-corrected chi connectivity index (χ3v) is 4.85. The Labute approximate surface area is 140 Å². The van der Waals surface area contributed by atoms with Crippen LogP contribution in [0.2, 0.25) is 0 Å². The maximum Gasteiger partial charge on any atom is 0.144 e. The molecular weight excluding hydrogens is 308 g/mol. The molecule has 2 aromatic rings. The van der Waals surface area contributed by atoms with Crippen LogP contribution in [0.1, 0.15) is 28.8 Å². The monoisotopic (exact) mass is 330 g/mol. The smallest absolute Gasteiger partial charge is 0.144 e. The molecule has 1 heterocycles. The minimum Gasteiger partial charge on any atom is -0.393 e. The molecule has 2 N–H and O–H groups in total. The van der Waals surface area contributed by atoms with Crippen molar-refractivity contribution in [2.75, 3.05) is 13.2 Å². The summed E-state index contributed by atoms with van der Waals surface area (Å²) in [5.74, 6) is 0. The summed E-state index contributed by atoms with van der Waals surface area (Å²) in [7, 11) is 0. The second-order valence-corrected chi connectivity index (χ2v) is 6.72. The van der Waals surface area contributed by atoms with Crippen molar-refractivity contribution in [1.82, 2.24) is 5.32 Å². The number of aliphatic hydroxyl groups excluding tert-OH is 1. The van der Waals surface area contributed by atoms with Crippen molar-refractivity contribution in [2.45, 2.75) is 31.9 Å². The van der Waals surface area contributed by atoms with E-state index in [2.05, 4.69) is 34.1 Å². The van der Waals surface area contributed by atoms with E-state index in [4.69, 9.17) is 4.84 Å². The van der Waals surface area contributed by atoms with Gasteiger partial charge in [0.2, 0.25) is 0 Å². The van der Waals surface area contributed by atoms with Crippen molar-refractivity contribution in [3.63, 3.8) is 0 Å². The van der Waals surface area contributed by atoms with Crippen LogP contribution >= 0.6 is 11.3 Å². The Hall–Kier alpha value is -1.69. The molecule has 0 bridgehead atoms. The minimum absolute atomic E-state index is 0.213. The summed E-state index contributed by atoms with van der Waals surface area (Å²) in [5, 5.41) is 19.5. The van der Waals surface area contributed by atoms with Gasteiger partial charge in [-0.05, 0) is 36.3 Å². The van der Waals surface area contributed by atoms with E-state index in [1.165, 1.54) is 16.0 Å². The van der Waals surface area contributed by atoms with Gasteiger partial charge in [0, 0.05) is 23.5 Å². The second kappa shape index (κ2) is 8.24. The summed E-state index contributed by atoms with van der Waals surface area (Å²) in [5.41, 5.74) is 3.43. The number of nitrogens with zero attached hydrogens (tertiary/aromatic N) is 1. The molecule has 1 aliphatic rings. The van der Waals surface area contributed by atoms with Crippen LogP contribution in [-0.2, 0) is 17.8 Å². The Morgan fingerprint density at radius 3 is 2.96 bits per heavy atom. The number of thiophene rings is 1. The Balaban J connectivity index is 1.40. The molecule has 1 aromatic heterocycles. The van der Waals surface area contributed by atoms with E-state index >= 15 is 0 Å². The molecule has 0 saturated carbocycles. The molecule has 5 heteroatoms. The summed E-state index contributed by atoms with van der Waals surface area (Å²) in [6.45, 7) is 1.44. The first-order valence-corrected chi connectivity index (χ1v) is 8.89.